The van der Waals surface area contributed by atoms with Crippen LogP contribution in [-0.2, 0) is 4.79 Å². The zero-order chi connectivity index (χ0) is 14.0. The standard InChI is InChI=1S/C14H16FNO3/c1-8-6-10(15)4-5-11(8)13(17)16-12(14(18)19)7-9-2-3-9/h4-6,9,12H,2-3,7H2,1H3,(H,16,17)(H,18,19). The Morgan fingerprint density at radius 3 is 2.68 bits per heavy atom. The van der Waals surface area contributed by atoms with Gasteiger partial charge in [-0.1, -0.05) is 12.8 Å². The van der Waals surface area contributed by atoms with Crippen LogP contribution in [0.2, 0.25) is 0 Å². The monoisotopic (exact) mass is 265 g/mol. The minimum absolute atomic E-state index is 0.309. The minimum atomic E-state index is -1.03. The largest absolute Gasteiger partial charge is 0.480 e. The average Bonchev–Trinajstić information content (AvgIpc) is 3.11. The van der Waals surface area contributed by atoms with E-state index in [0.29, 0.717) is 23.5 Å². The third-order valence-corrected chi connectivity index (χ3v) is 3.30. The van der Waals surface area contributed by atoms with E-state index in [0.717, 1.165) is 12.8 Å². The molecule has 1 atom stereocenters. The molecule has 2 N–H and O–H groups in total. The van der Waals surface area contributed by atoms with Gasteiger partial charge in [0.15, 0.2) is 0 Å². The van der Waals surface area contributed by atoms with E-state index in [1.165, 1.54) is 18.2 Å². The van der Waals surface area contributed by atoms with Crippen molar-refractivity contribution in [2.24, 2.45) is 5.92 Å². The quantitative estimate of drug-likeness (QED) is 0.857. The summed E-state index contributed by atoms with van der Waals surface area (Å²) in [5.41, 5.74) is 0.802. The third kappa shape index (κ3) is 3.53. The molecule has 2 rings (SSSR count). The Morgan fingerprint density at radius 2 is 2.16 bits per heavy atom. The van der Waals surface area contributed by atoms with Gasteiger partial charge in [-0.15, -0.1) is 0 Å². The van der Waals surface area contributed by atoms with Gasteiger partial charge < -0.3 is 10.4 Å². The van der Waals surface area contributed by atoms with Crippen LogP contribution in [0.4, 0.5) is 4.39 Å². The van der Waals surface area contributed by atoms with Crippen molar-refractivity contribution in [2.45, 2.75) is 32.2 Å². The topological polar surface area (TPSA) is 66.4 Å². The maximum absolute atomic E-state index is 13.0. The zero-order valence-corrected chi connectivity index (χ0v) is 10.6. The number of carboxylic acids is 1. The van der Waals surface area contributed by atoms with E-state index in [4.69, 9.17) is 5.11 Å². The van der Waals surface area contributed by atoms with E-state index in [-0.39, 0.29) is 0 Å². The SMILES string of the molecule is Cc1cc(F)ccc1C(=O)NC(CC1CC1)C(=O)O. The number of aryl methyl sites for hydroxylation is 1. The van der Waals surface area contributed by atoms with Crippen molar-refractivity contribution >= 4 is 11.9 Å². The number of carbonyl (C=O) groups is 2. The van der Waals surface area contributed by atoms with Crippen molar-refractivity contribution in [2.75, 3.05) is 0 Å². The second-order valence-electron chi connectivity index (χ2n) is 5.00. The molecule has 0 spiro atoms. The number of nitrogens with one attached hydrogen (secondary N) is 1. The first-order valence-corrected chi connectivity index (χ1v) is 6.27. The van der Waals surface area contributed by atoms with Crippen LogP contribution < -0.4 is 5.32 Å². The molecule has 4 nitrogen and oxygen atoms in total. The van der Waals surface area contributed by atoms with E-state index < -0.39 is 23.7 Å². The minimum Gasteiger partial charge on any atom is -0.480 e. The lowest BCUT2D eigenvalue weighted by molar-refractivity contribution is -0.139. The number of halogens is 1. The van der Waals surface area contributed by atoms with Crippen molar-refractivity contribution < 1.29 is 19.1 Å². The van der Waals surface area contributed by atoms with Gasteiger partial charge in [0.25, 0.3) is 5.91 Å². The highest BCUT2D eigenvalue weighted by molar-refractivity contribution is 5.97. The molecule has 1 saturated carbocycles. The van der Waals surface area contributed by atoms with Crippen LogP contribution in [-0.4, -0.2) is 23.0 Å². The summed E-state index contributed by atoms with van der Waals surface area (Å²) in [6, 6.07) is 2.95. The number of hydrogen-bond acceptors (Lipinski definition) is 2. The van der Waals surface area contributed by atoms with Crippen molar-refractivity contribution in [3.05, 3.63) is 35.1 Å². The van der Waals surface area contributed by atoms with Gasteiger partial charge in [0.1, 0.15) is 11.9 Å². The van der Waals surface area contributed by atoms with Gasteiger partial charge in [-0.3, -0.25) is 4.79 Å². The molecule has 1 aliphatic rings. The molecular weight excluding hydrogens is 249 g/mol. The Kier molecular flexibility index (Phi) is 3.83. The highest BCUT2D eigenvalue weighted by Crippen LogP contribution is 2.33. The third-order valence-electron chi connectivity index (χ3n) is 3.30. The van der Waals surface area contributed by atoms with E-state index in [2.05, 4.69) is 5.32 Å². The second-order valence-corrected chi connectivity index (χ2v) is 5.00. The fourth-order valence-electron chi connectivity index (χ4n) is 2.03. The molecule has 0 radical (unpaired) electrons. The van der Waals surface area contributed by atoms with Gasteiger partial charge in [-0.2, -0.15) is 0 Å². The Labute approximate surface area is 110 Å². The number of amides is 1. The maximum atomic E-state index is 13.0. The molecule has 0 heterocycles. The van der Waals surface area contributed by atoms with Crippen molar-refractivity contribution in [3.63, 3.8) is 0 Å². The van der Waals surface area contributed by atoms with Crippen molar-refractivity contribution in [3.8, 4) is 0 Å². The zero-order valence-electron chi connectivity index (χ0n) is 10.6. The predicted molar refractivity (Wildman–Crippen MR) is 67.4 cm³/mol. The van der Waals surface area contributed by atoms with Crippen molar-refractivity contribution in [1.29, 1.82) is 0 Å². The molecule has 0 bridgehead atoms. The number of benzene rings is 1. The Bertz CT molecular complexity index is 511. The Hall–Kier alpha value is -1.91. The van der Waals surface area contributed by atoms with Crippen molar-refractivity contribution in [1.82, 2.24) is 5.32 Å². The molecule has 1 fully saturated rings. The fourth-order valence-corrected chi connectivity index (χ4v) is 2.03. The average molecular weight is 265 g/mol. The van der Waals surface area contributed by atoms with Crippen LogP contribution in [0, 0.1) is 18.7 Å². The van der Waals surface area contributed by atoms with E-state index in [1.807, 2.05) is 0 Å². The van der Waals surface area contributed by atoms with Crippen LogP contribution >= 0.6 is 0 Å². The summed E-state index contributed by atoms with van der Waals surface area (Å²) in [5, 5.41) is 11.6. The highest BCUT2D eigenvalue weighted by atomic mass is 19.1. The molecule has 5 heteroatoms. The Morgan fingerprint density at radius 1 is 1.47 bits per heavy atom. The second kappa shape index (κ2) is 5.38. The number of aliphatic carboxylic acids is 1. The first-order valence-electron chi connectivity index (χ1n) is 6.27. The van der Waals surface area contributed by atoms with Gasteiger partial charge in [0, 0.05) is 5.56 Å². The summed E-state index contributed by atoms with van der Waals surface area (Å²) in [6.07, 6.45) is 2.51. The molecule has 0 aliphatic heterocycles. The van der Waals surface area contributed by atoms with Crippen LogP contribution in [0.25, 0.3) is 0 Å². The lowest BCUT2D eigenvalue weighted by Gasteiger charge is -2.15. The highest BCUT2D eigenvalue weighted by Gasteiger charge is 2.30. The first kappa shape index (κ1) is 13.5. The summed E-state index contributed by atoms with van der Waals surface area (Å²) < 4.78 is 13.0. The first-order chi connectivity index (χ1) is 8.97. The van der Waals surface area contributed by atoms with Gasteiger partial charge in [-0.05, 0) is 43.0 Å². The molecule has 102 valence electrons. The van der Waals surface area contributed by atoms with E-state index >= 15 is 0 Å². The summed E-state index contributed by atoms with van der Waals surface area (Å²) in [5.74, 6) is -1.51. The van der Waals surface area contributed by atoms with Gasteiger partial charge in [0.05, 0.1) is 0 Å². The molecule has 1 aliphatic carbocycles. The summed E-state index contributed by atoms with van der Waals surface area (Å²) in [7, 11) is 0. The lowest BCUT2D eigenvalue weighted by atomic mass is 10.1. The number of carbonyl (C=O) groups excluding carboxylic acids is 1. The summed E-state index contributed by atoms with van der Waals surface area (Å²) >= 11 is 0. The van der Waals surface area contributed by atoms with E-state index in [9.17, 15) is 14.0 Å². The van der Waals surface area contributed by atoms with Crippen LogP contribution in [0.3, 0.4) is 0 Å². The molecule has 1 amide bonds. The molecule has 1 unspecified atom stereocenters. The summed E-state index contributed by atoms with van der Waals surface area (Å²) in [6.45, 7) is 1.62. The van der Waals surface area contributed by atoms with E-state index in [1.54, 1.807) is 6.92 Å². The fraction of sp³-hybridized carbons (Fsp3) is 0.429. The molecule has 1 aromatic carbocycles. The van der Waals surface area contributed by atoms with Crippen LogP contribution in [0.5, 0.6) is 0 Å². The molecule has 0 saturated heterocycles. The maximum Gasteiger partial charge on any atom is 0.326 e. The smallest absolute Gasteiger partial charge is 0.326 e. The number of carboxylic acid groups (broad SMARTS) is 1. The molecule has 1 aromatic rings. The van der Waals surface area contributed by atoms with Crippen LogP contribution in [0.1, 0.15) is 35.2 Å². The lowest BCUT2D eigenvalue weighted by Crippen LogP contribution is -2.41. The Balaban J connectivity index is 2.07. The van der Waals surface area contributed by atoms with Gasteiger partial charge in [-0.25, -0.2) is 9.18 Å². The predicted octanol–water partition coefficient (Wildman–Crippen LogP) is 2.12. The van der Waals surface area contributed by atoms with Crippen LogP contribution in [0.15, 0.2) is 18.2 Å². The molecular formula is C14H16FNO3. The van der Waals surface area contributed by atoms with Gasteiger partial charge >= 0.3 is 5.97 Å². The molecule has 19 heavy (non-hydrogen) atoms. The number of rotatable bonds is 5. The van der Waals surface area contributed by atoms with Gasteiger partial charge in [0.2, 0.25) is 0 Å². The normalized spacial score (nSPS) is 15.9. The number of hydrogen-bond donors (Lipinski definition) is 2. The molecule has 0 aromatic heterocycles. The summed E-state index contributed by atoms with van der Waals surface area (Å²) in [4.78, 5) is 23.1.